The van der Waals surface area contributed by atoms with Gasteiger partial charge in [0, 0.05) is 24.3 Å². The molecule has 0 radical (unpaired) electrons. The van der Waals surface area contributed by atoms with Crippen LogP contribution >= 0.6 is 0 Å². The Morgan fingerprint density at radius 1 is 1.07 bits per heavy atom. The average molecular weight is 365 g/mol. The van der Waals surface area contributed by atoms with Crippen LogP contribution in [0.5, 0.6) is 0 Å². The fourth-order valence-electron chi connectivity index (χ4n) is 3.83. The molecule has 1 amide bonds. The molecular formula is C22H27N3O2. The first-order valence-corrected chi connectivity index (χ1v) is 10.00. The van der Waals surface area contributed by atoms with Crippen molar-refractivity contribution >= 4 is 11.9 Å². The predicted molar refractivity (Wildman–Crippen MR) is 105 cm³/mol. The molecule has 27 heavy (non-hydrogen) atoms. The molecule has 0 bridgehead atoms. The molecule has 2 heterocycles. The van der Waals surface area contributed by atoms with E-state index in [9.17, 15) is 4.79 Å². The molecule has 4 rings (SSSR count). The van der Waals surface area contributed by atoms with Crippen LogP contribution in [0.1, 0.15) is 55.7 Å². The third-order valence-electron chi connectivity index (χ3n) is 5.59. The van der Waals surface area contributed by atoms with E-state index in [-0.39, 0.29) is 12.1 Å². The Morgan fingerprint density at radius 3 is 2.70 bits per heavy atom. The maximum Gasteiger partial charge on any atom is 0.410 e. The van der Waals surface area contributed by atoms with Crippen LogP contribution in [0.3, 0.4) is 0 Å². The van der Waals surface area contributed by atoms with E-state index in [1.54, 1.807) is 0 Å². The van der Waals surface area contributed by atoms with Gasteiger partial charge >= 0.3 is 6.09 Å². The van der Waals surface area contributed by atoms with E-state index in [4.69, 9.17) is 4.74 Å². The minimum atomic E-state index is -0.234. The lowest BCUT2D eigenvalue weighted by atomic mass is 9.92. The Morgan fingerprint density at radius 2 is 1.93 bits per heavy atom. The van der Waals surface area contributed by atoms with E-state index in [2.05, 4.69) is 16.4 Å². The molecular weight excluding hydrogens is 338 g/mol. The summed E-state index contributed by atoms with van der Waals surface area (Å²) in [5, 5.41) is 3.57. The molecule has 2 aliphatic rings. The number of carbonyl (C=O) groups is 1. The quantitative estimate of drug-likeness (QED) is 0.818. The number of piperidine rings is 1. The number of ether oxygens (including phenoxy) is 1. The highest BCUT2D eigenvalue weighted by Crippen LogP contribution is 2.36. The molecule has 1 saturated carbocycles. The summed E-state index contributed by atoms with van der Waals surface area (Å²) in [5.41, 5.74) is 2.12. The van der Waals surface area contributed by atoms with Gasteiger partial charge in [-0.2, -0.15) is 0 Å². The summed E-state index contributed by atoms with van der Waals surface area (Å²) in [6.45, 7) is 1.04. The zero-order valence-corrected chi connectivity index (χ0v) is 15.6. The number of pyridine rings is 1. The van der Waals surface area contributed by atoms with E-state index < -0.39 is 0 Å². The highest BCUT2D eigenvalue weighted by molar-refractivity contribution is 5.69. The largest absolute Gasteiger partial charge is 0.445 e. The summed E-state index contributed by atoms with van der Waals surface area (Å²) in [6.07, 6.45) is 8.35. The number of aromatic nitrogens is 1. The fraction of sp³-hybridized carbons (Fsp3) is 0.455. The number of nitrogens with zero attached hydrogens (tertiary/aromatic N) is 2. The average Bonchev–Trinajstić information content (AvgIpc) is 2.70. The van der Waals surface area contributed by atoms with Crippen molar-refractivity contribution in [2.24, 2.45) is 0 Å². The lowest BCUT2D eigenvalue weighted by molar-refractivity contribution is 0.0680. The van der Waals surface area contributed by atoms with Crippen molar-refractivity contribution in [1.82, 2.24) is 9.88 Å². The van der Waals surface area contributed by atoms with Crippen LogP contribution in [-0.4, -0.2) is 28.6 Å². The molecule has 1 aliphatic heterocycles. The molecule has 1 N–H and O–H groups in total. The Labute approximate surface area is 160 Å². The van der Waals surface area contributed by atoms with Gasteiger partial charge in [0.2, 0.25) is 0 Å². The summed E-state index contributed by atoms with van der Waals surface area (Å²) in [4.78, 5) is 19.3. The molecule has 2 aromatic rings. The first-order valence-electron chi connectivity index (χ1n) is 10.00. The van der Waals surface area contributed by atoms with Gasteiger partial charge in [-0.3, -0.25) is 0 Å². The van der Waals surface area contributed by atoms with Crippen molar-refractivity contribution in [2.75, 3.05) is 11.9 Å². The Balaban J connectivity index is 1.48. The number of likely N-dealkylation sites (tertiary alicyclic amines) is 1. The van der Waals surface area contributed by atoms with Crippen molar-refractivity contribution in [3.05, 3.63) is 59.8 Å². The summed E-state index contributed by atoms with van der Waals surface area (Å²) in [6, 6.07) is 14.4. The van der Waals surface area contributed by atoms with Crippen LogP contribution in [0.15, 0.2) is 48.7 Å². The molecule has 1 aromatic carbocycles. The summed E-state index contributed by atoms with van der Waals surface area (Å²) in [5.74, 6) is 0.926. The molecule has 5 nitrogen and oxygen atoms in total. The minimum Gasteiger partial charge on any atom is -0.445 e. The van der Waals surface area contributed by atoms with Crippen LogP contribution < -0.4 is 5.32 Å². The lowest BCUT2D eigenvalue weighted by Gasteiger charge is -2.36. The molecule has 1 aliphatic carbocycles. The van der Waals surface area contributed by atoms with Crippen molar-refractivity contribution < 1.29 is 9.53 Å². The van der Waals surface area contributed by atoms with E-state index in [1.165, 1.54) is 19.3 Å². The van der Waals surface area contributed by atoms with Crippen molar-refractivity contribution in [1.29, 1.82) is 0 Å². The number of benzene rings is 1. The molecule has 1 aromatic heterocycles. The molecule has 1 atom stereocenters. The summed E-state index contributed by atoms with van der Waals surface area (Å²) in [7, 11) is 0. The van der Waals surface area contributed by atoms with Gasteiger partial charge in [-0.1, -0.05) is 36.4 Å². The second-order valence-corrected chi connectivity index (χ2v) is 7.46. The van der Waals surface area contributed by atoms with Gasteiger partial charge < -0.3 is 15.0 Å². The third kappa shape index (κ3) is 4.24. The molecule has 142 valence electrons. The van der Waals surface area contributed by atoms with Gasteiger partial charge in [0.25, 0.3) is 0 Å². The Hall–Kier alpha value is -2.56. The number of anilines is 1. The van der Waals surface area contributed by atoms with Crippen molar-refractivity contribution in [3.8, 4) is 0 Å². The van der Waals surface area contributed by atoms with E-state index in [0.29, 0.717) is 12.6 Å². The van der Waals surface area contributed by atoms with E-state index in [0.717, 1.165) is 42.8 Å². The van der Waals surface area contributed by atoms with E-state index >= 15 is 0 Å². The van der Waals surface area contributed by atoms with Gasteiger partial charge in [0.05, 0.1) is 6.04 Å². The Bertz CT molecular complexity index is 761. The number of amides is 1. The van der Waals surface area contributed by atoms with Crippen LogP contribution in [0.25, 0.3) is 0 Å². The highest BCUT2D eigenvalue weighted by atomic mass is 16.6. The molecule has 0 spiro atoms. The second-order valence-electron chi connectivity index (χ2n) is 7.46. The zero-order chi connectivity index (χ0) is 18.5. The molecule has 1 saturated heterocycles. The number of rotatable bonds is 5. The zero-order valence-electron chi connectivity index (χ0n) is 15.6. The SMILES string of the molecule is O=C(OCc1ccccc1)N1CCCC[C@@H]1c1cccnc1NC1CCC1. The summed E-state index contributed by atoms with van der Waals surface area (Å²) >= 11 is 0. The van der Waals surface area contributed by atoms with Gasteiger partial charge in [-0.05, 0) is 50.2 Å². The smallest absolute Gasteiger partial charge is 0.410 e. The monoisotopic (exact) mass is 365 g/mol. The topological polar surface area (TPSA) is 54.5 Å². The number of hydrogen-bond donors (Lipinski definition) is 1. The second kappa shape index (κ2) is 8.42. The standard InChI is InChI=1S/C22H27N3O2/c26-22(27-16-17-8-2-1-3-9-17)25-15-5-4-13-20(25)19-12-7-14-23-21(19)24-18-10-6-11-18/h1-3,7-9,12,14,18,20H,4-6,10-11,13,15-16H2,(H,23,24)/t20-/m1/s1. The van der Waals surface area contributed by atoms with Crippen LogP contribution in [0, 0.1) is 0 Å². The van der Waals surface area contributed by atoms with Gasteiger partial charge in [-0.25, -0.2) is 9.78 Å². The predicted octanol–water partition coefficient (Wildman–Crippen LogP) is 4.91. The fourth-order valence-corrected chi connectivity index (χ4v) is 3.83. The van der Waals surface area contributed by atoms with Crippen LogP contribution in [0.2, 0.25) is 0 Å². The highest BCUT2D eigenvalue weighted by Gasteiger charge is 2.31. The number of nitrogens with one attached hydrogen (secondary N) is 1. The number of hydrogen-bond acceptors (Lipinski definition) is 4. The normalized spacial score (nSPS) is 20.0. The first kappa shape index (κ1) is 17.8. The maximum absolute atomic E-state index is 12.8. The first-order chi connectivity index (χ1) is 13.3. The van der Waals surface area contributed by atoms with Crippen molar-refractivity contribution in [3.63, 3.8) is 0 Å². The lowest BCUT2D eigenvalue weighted by Crippen LogP contribution is -2.39. The molecule has 5 heteroatoms. The minimum absolute atomic E-state index is 0.0262. The Kier molecular flexibility index (Phi) is 5.56. The summed E-state index contributed by atoms with van der Waals surface area (Å²) < 4.78 is 5.62. The third-order valence-corrected chi connectivity index (χ3v) is 5.59. The van der Waals surface area contributed by atoms with Crippen LogP contribution in [0.4, 0.5) is 10.6 Å². The maximum atomic E-state index is 12.8. The number of carbonyl (C=O) groups excluding carboxylic acids is 1. The van der Waals surface area contributed by atoms with Crippen LogP contribution in [-0.2, 0) is 11.3 Å². The van der Waals surface area contributed by atoms with Gasteiger partial charge in [0.1, 0.15) is 12.4 Å². The van der Waals surface area contributed by atoms with Gasteiger partial charge in [-0.15, -0.1) is 0 Å². The van der Waals surface area contributed by atoms with Gasteiger partial charge in [0.15, 0.2) is 0 Å². The van der Waals surface area contributed by atoms with E-state index in [1.807, 2.05) is 47.5 Å². The molecule has 2 fully saturated rings. The molecule has 0 unspecified atom stereocenters. The van der Waals surface area contributed by atoms with Crippen molar-refractivity contribution in [2.45, 2.75) is 57.2 Å².